The summed E-state index contributed by atoms with van der Waals surface area (Å²) in [5, 5.41) is 20.8. The van der Waals surface area contributed by atoms with Crippen molar-refractivity contribution in [1.82, 2.24) is 0 Å². The van der Waals surface area contributed by atoms with Crippen LogP contribution in [0.2, 0.25) is 0 Å². The molecule has 6 heteroatoms. The first kappa shape index (κ1) is 17.8. The summed E-state index contributed by atoms with van der Waals surface area (Å²) in [5.74, 6) is -2.40. The van der Waals surface area contributed by atoms with E-state index in [9.17, 15) is 19.8 Å². The molecule has 0 saturated carbocycles. The quantitative estimate of drug-likeness (QED) is 0.619. The molecule has 0 bridgehead atoms. The van der Waals surface area contributed by atoms with Crippen LogP contribution in [-0.2, 0) is 22.3 Å². The maximum Gasteiger partial charge on any atom is 0.342 e. The number of carbonyl (C=O) groups is 2. The first-order valence-corrected chi connectivity index (χ1v) is 7.38. The first-order valence-electron chi connectivity index (χ1n) is 7.38. The molecule has 0 heterocycles. The number of phenolic OH excluding ortho intramolecular Hbond substituents is 2. The van der Waals surface area contributed by atoms with Gasteiger partial charge in [0, 0.05) is 11.1 Å². The highest BCUT2D eigenvalue weighted by molar-refractivity contribution is 6.07. The lowest BCUT2D eigenvalue weighted by Crippen LogP contribution is -2.17. The van der Waals surface area contributed by atoms with Crippen molar-refractivity contribution >= 4 is 11.9 Å². The highest BCUT2D eigenvalue weighted by Crippen LogP contribution is 2.39. The van der Waals surface area contributed by atoms with E-state index in [2.05, 4.69) is 0 Å². The normalized spacial score (nSPS) is 10.4. The highest BCUT2D eigenvalue weighted by Gasteiger charge is 2.31. The Hall–Kier alpha value is -2.24. The number of esters is 2. The average molecular weight is 310 g/mol. The monoisotopic (exact) mass is 310 g/mol. The molecule has 1 aromatic carbocycles. The van der Waals surface area contributed by atoms with E-state index in [1.807, 2.05) is 0 Å². The zero-order valence-electron chi connectivity index (χ0n) is 13.4. The number of ether oxygens (including phenoxy) is 2. The summed E-state index contributed by atoms with van der Waals surface area (Å²) in [7, 11) is 0. The van der Waals surface area contributed by atoms with E-state index in [0.29, 0.717) is 24.0 Å². The number of hydrogen-bond acceptors (Lipinski definition) is 6. The SMILES string of the molecule is CCOC(=O)c1c(O)c(CC)c(CC)c(O)c1C(=O)OCC. The lowest BCUT2D eigenvalue weighted by molar-refractivity contribution is 0.0472. The van der Waals surface area contributed by atoms with Gasteiger partial charge in [-0.15, -0.1) is 0 Å². The van der Waals surface area contributed by atoms with Crippen LogP contribution in [0.25, 0.3) is 0 Å². The topological polar surface area (TPSA) is 93.1 Å². The van der Waals surface area contributed by atoms with Gasteiger partial charge in [-0.25, -0.2) is 9.59 Å². The van der Waals surface area contributed by atoms with Crippen molar-refractivity contribution in [3.63, 3.8) is 0 Å². The summed E-state index contributed by atoms with van der Waals surface area (Å²) in [6.45, 7) is 6.95. The maximum absolute atomic E-state index is 12.1. The summed E-state index contributed by atoms with van der Waals surface area (Å²) in [4.78, 5) is 24.2. The molecule has 0 atom stereocenters. The molecular weight excluding hydrogens is 288 g/mol. The molecule has 1 aromatic rings. The lowest BCUT2D eigenvalue weighted by atomic mass is 9.92. The predicted molar refractivity (Wildman–Crippen MR) is 80.4 cm³/mol. The van der Waals surface area contributed by atoms with Crippen LogP contribution in [0.5, 0.6) is 11.5 Å². The van der Waals surface area contributed by atoms with Gasteiger partial charge in [0.2, 0.25) is 0 Å². The van der Waals surface area contributed by atoms with Crippen LogP contribution >= 0.6 is 0 Å². The second-order valence-corrected chi connectivity index (χ2v) is 4.55. The van der Waals surface area contributed by atoms with Crippen LogP contribution in [-0.4, -0.2) is 35.4 Å². The van der Waals surface area contributed by atoms with E-state index in [4.69, 9.17) is 9.47 Å². The molecule has 0 unspecified atom stereocenters. The van der Waals surface area contributed by atoms with Crippen molar-refractivity contribution in [2.45, 2.75) is 40.5 Å². The second-order valence-electron chi connectivity index (χ2n) is 4.55. The van der Waals surface area contributed by atoms with E-state index >= 15 is 0 Å². The Labute approximate surface area is 129 Å². The van der Waals surface area contributed by atoms with E-state index in [0.717, 1.165) is 0 Å². The molecule has 1 rings (SSSR count). The van der Waals surface area contributed by atoms with Gasteiger partial charge in [-0.05, 0) is 26.7 Å². The molecule has 22 heavy (non-hydrogen) atoms. The third-order valence-corrected chi connectivity index (χ3v) is 3.33. The zero-order valence-corrected chi connectivity index (χ0v) is 13.4. The van der Waals surface area contributed by atoms with Crippen molar-refractivity contribution in [3.05, 3.63) is 22.3 Å². The molecule has 0 aliphatic carbocycles. The Bertz CT molecular complexity index is 526. The van der Waals surface area contributed by atoms with Gasteiger partial charge in [0.1, 0.15) is 22.6 Å². The average Bonchev–Trinajstić information content (AvgIpc) is 2.48. The Kier molecular flexibility index (Phi) is 6.22. The van der Waals surface area contributed by atoms with Crippen LogP contribution in [0.15, 0.2) is 0 Å². The molecule has 0 saturated heterocycles. The van der Waals surface area contributed by atoms with E-state index in [-0.39, 0.29) is 35.8 Å². The van der Waals surface area contributed by atoms with Crippen LogP contribution in [0.4, 0.5) is 0 Å². The number of rotatable bonds is 6. The third-order valence-electron chi connectivity index (χ3n) is 3.33. The van der Waals surface area contributed by atoms with Crippen molar-refractivity contribution < 1.29 is 29.3 Å². The minimum Gasteiger partial charge on any atom is -0.507 e. The maximum atomic E-state index is 12.1. The summed E-state index contributed by atoms with van der Waals surface area (Å²) < 4.78 is 9.78. The lowest BCUT2D eigenvalue weighted by Gasteiger charge is -2.18. The molecule has 0 spiro atoms. The molecule has 0 aliphatic heterocycles. The van der Waals surface area contributed by atoms with Crippen molar-refractivity contribution in [3.8, 4) is 11.5 Å². The van der Waals surface area contributed by atoms with Gasteiger partial charge in [-0.3, -0.25) is 0 Å². The van der Waals surface area contributed by atoms with Gasteiger partial charge >= 0.3 is 11.9 Å². The number of aromatic hydroxyl groups is 2. The summed E-state index contributed by atoms with van der Waals surface area (Å²) in [6, 6.07) is 0. The van der Waals surface area contributed by atoms with Gasteiger partial charge < -0.3 is 19.7 Å². The summed E-state index contributed by atoms with van der Waals surface area (Å²) in [6.07, 6.45) is 0.802. The Morgan fingerprint density at radius 2 is 1.09 bits per heavy atom. The van der Waals surface area contributed by atoms with Gasteiger partial charge in [0.05, 0.1) is 13.2 Å². The number of phenols is 2. The molecule has 6 nitrogen and oxygen atoms in total. The fourth-order valence-electron chi connectivity index (χ4n) is 2.39. The minimum absolute atomic E-state index is 0.0816. The third kappa shape index (κ3) is 3.16. The largest absolute Gasteiger partial charge is 0.507 e. The van der Waals surface area contributed by atoms with Gasteiger partial charge in [-0.1, -0.05) is 13.8 Å². The molecule has 0 aliphatic rings. The van der Waals surface area contributed by atoms with E-state index in [1.54, 1.807) is 27.7 Å². The zero-order chi connectivity index (χ0) is 16.9. The fourth-order valence-corrected chi connectivity index (χ4v) is 2.39. The Balaban J connectivity index is 3.73. The predicted octanol–water partition coefficient (Wildman–Crippen LogP) is 2.58. The number of carbonyl (C=O) groups excluding carboxylic acids is 2. The van der Waals surface area contributed by atoms with Crippen LogP contribution in [0, 0.1) is 0 Å². The summed E-state index contributed by atoms with van der Waals surface area (Å²) in [5.41, 5.74) is 0.172. The minimum atomic E-state index is -0.865. The molecule has 0 radical (unpaired) electrons. The highest BCUT2D eigenvalue weighted by atomic mass is 16.5. The standard InChI is InChI=1S/C16H22O6/c1-5-9-10(6-2)14(18)12(16(20)22-8-4)11(13(9)17)15(19)21-7-3/h17-18H,5-8H2,1-4H3. The summed E-state index contributed by atoms with van der Waals surface area (Å²) >= 11 is 0. The number of hydrogen-bond donors (Lipinski definition) is 2. The number of benzene rings is 1. The van der Waals surface area contributed by atoms with Gasteiger partial charge in [0.25, 0.3) is 0 Å². The Morgan fingerprint density at radius 1 is 0.773 bits per heavy atom. The Morgan fingerprint density at radius 3 is 1.32 bits per heavy atom. The van der Waals surface area contributed by atoms with Crippen LogP contribution < -0.4 is 0 Å². The molecule has 0 amide bonds. The molecule has 122 valence electrons. The van der Waals surface area contributed by atoms with Crippen molar-refractivity contribution in [1.29, 1.82) is 0 Å². The fraction of sp³-hybridized carbons (Fsp3) is 0.500. The van der Waals surface area contributed by atoms with E-state index in [1.165, 1.54) is 0 Å². The van der Waals surface area contributed by atoms with Crippen molar-refractivity contribution in [2.75, 3.05) is 13.2 Å². The van der Waals surface area contributed by atoms with Gasteiger partial charge in [-0.2, -0.15) is 0 Å². The molecule has 2 N–H and O–H groups in total. The van der Waals surface area contributed by atoms with Crippen LogP contribution in [0.1, 0.15) is 59.5 Å². The first-order chi connectivity index (χ1) is 10.4. The molecule has 0 aromatic heterocycles. The van der Waals surface area contributed by atoms with Crippen molar-refractivity contribution in [2.24, 2.45) is 0 Å². The van der Waals surface area contributed by atoms with Gasteiger partial charge in [0.15, 0.2) is 0 Å². The van der Waals surface area contributed by atoms with Crippen LogP contribution in [0.3, 0.4) is 0 Å². The van der Waals surface area contributed by atoms with E-state index < -0.39 is 11.9 Å². The second kappa shape index (κ2) is 7.68. The molecule has 0 fully saturated rings. The molecular formula is C16H22O6. The smallest absolute Gasteiger partial charge is 0.342 e.